The van der Waals surface area contributed by atoms with E-state index in [4.69, 9.17) is 5.73 Å². The lowest BCUT2D eigenvalue weighted by atomic mass is 10.4. The summed E-state index contributed by atoms with van der Waals surface area (Å²) in [4.78, 5) is 14.9. The summed E-state index contributed by atoms with van der Waals surface area (Å²) in [6.07, 6.45) is 0. The van der Waals surface area contributed by atoms with Crippen molar-refractivity contribution >= 4 is 17.3 Å². The molecule has 0 aliphatic carbocycles. The van der Waals surface area contributed by atoms with Gasteiger partial charge in [-0.25, -0.2) is 9.78 Å². The quantitative estimate of drug-likeness (QED) is 0.698. The lowest BCUT2D eigenvalue weighted by Gasteiger charge is -1.96. The highest BCUT2D eigenvalue weighted by molar-refractivity contribution is 7.09. The third-order valence-corrected chi connectivity index (χ3v) is 2.35. The van der Waals surface area contributed by atoms with Crippen LogP contribution in [0.2, 0.25) is 0 Å². The molecule has 0 unspecified atom stereocenters. The maximum absolute atomic E-state index is 10.9. The summed E-state index contributed by atoms with van der Waals surface area (Å²) in [5, 5.41) is 2.39. The minimum atomic E-state index is -0.418. The van der Waals surface area contributed by atoms with Gasteiger partial charge in [0.25, 0.3) is 0 Å². The third kappa shape index (κ3) is 1.80. The molecular formula is C7H10N2O2S. The van der Waals surface area contributed by atoms with Gasteiger partial charge in [0.1, 0.15) is 5.01 Å². The van der Waals surface area contributed by atoms with Gasteiger partial charge in [0.2, 0.25) is 0 Å². The van der Waals surface area contributed by atoms with Gasteiger partial charge in [-0.2, -0.15) is 0 Å². The van der Waals surface area contributed by atoms with Crippen LogP contribution >= 0.6 is 11.3 Å². The molecule has 1 atom stereocenters. The van der Waals surface area contributed by atoms with Gasteiger partial charge in [-0.15, -0.1) is 11.3 Å². The normalized spacial score (nSPS) is 12.6. The van der Waals surface area contributed by atoms with Crippen LogP contribution in [0.4, 0.5) is 0 Å². The molecule has 1 rings (SSSR count). The van der Waals surface area contributed by atoms with E-state index in [1.165, 1.54) is 18.4 Å². The molecule has 0 amide bonds. The fourth-order valence-electron chi connectivity index (χ4n) is 0.695. The van der Waals surface area contributed by atoms with Crippen LogP contribution in [0.25, 0.3) is 0 Å². The number of methoxy groups -OCH3 is 1. The number of carbonyl (C=O) groups is 1. The topological polar surface area (TPSA) is 65.2 Å². The van der Waals surface area contributed by atoms with Gasteiger partial charge >= 0.3 is 5.97 Å². The lowest BCUT2D eigenvalue weighted by molar-refractivity contribution is 0.0594. The number of aromatic nitrogens is 1. The zero-order valence-corrected chi connectivity index (χ0v) is 7.72. The number of nitrogens with zero attached hydrogens (tertiary/aromatic N) is 1. The van der Waals surface area contributed by atoms with E-state index in [1.807, 2.05) is 6.92 Å². The minimum absolute atomic E-state index is 0.131. The summed E-state index contributed by atoms with van der Waals surface area (Å²) in [5.41, 5.74) is 5.89. The third-order valence-electron chi connectivity index (χ3n) is 1.31. The van der Waals surface area contributed by atoms with Crippen LogP contribution < -0.4 is 5.73 Å². The summed E-state index contributed by atoms with van der Waals surface area (Å²) in [6.45, 7) is 1.82. The van der Waals surface area contributed by atoms with E-state index in [9.17, 15) is 4.79 Å². The van der Waals surface area contributed by atoms with Crippen LogP contribution in [0.1, 0.15) is 28.5 Å². The highest BCUT2D eigenvalue weighted by Gasteiger charge is 2.11. The molecule has 5 heteroatoms. The predicted molar refractivity (Wildman–Crippen MR) is 46.1 cm³/mol. The Bertz CT molecular complexity index is 283. The lowest BCUT2D eigenvalue weighted by Crippen LogP contribution is -2.06. The Morgan fingerprint density at radius 3 is 2.92 bits per heavy atom. The Labute approximate surface area is 74.4 Å². The first-order valence-corrected chi connectivity index (χ1v) is 4.32. The van der Waals surface area contributed by atoms with Gasteiger partial charge in [0.15, 0.2) is 5.69 Å². The molecule has 1 aromatic rings. The average molecular weight is 186 g/mol. The Morgan fingerprint density at radius 1 is 1.83 bits per heavy atom. The van der Waals surface area contributed by atoms with Crippen molar-refractivity contribution in [2.45, 2.75) is 13.0 Å². The molecule has 0 saturated heterocycles. The second-order valence-corrected chi connectivity index (χ2v) is 3.24. The van der Waals surface area contributed by atoms with Crippen LogP contribution in [-0.2, 0) is 4.74 Å². The summed E-state index contributed by atoms with van der Waals surface area (Å²) < 4.78 is 4.49. The van der Waals surface area contributed by atoms with Gasteiger partial charge in [-0.3, -0.25) is 0 Å². The fourth-order valence-corrected chi connectivity index (χ4v) is 1.44. The summed E-state index contributed by atoms with van der Waals surface area (Å²) in [5.74, 6) is -0.418. The van der Waals surface area contributed by atoms with Gasteiger partial charge in [0, 0.05) is 5.38 Å². The van der Waals surface area contributed by atoms with Gasteiger partial charge in [0.05, 0.1) is 13.2 Å². The number of hydrogen-bond donors (Lipinski definition) is 1. The van der Waals surface area contributed by atoms with E-state index >= 15 is 0 Å². The number of esters is 1. The first kappa shape index (κ1) is 9.15. The molecule has 0 fully saturated rings. The highest BCUT2D eigenvalue weighted by atomic mass is 32.1. The standard InChI is InChI=1S/C7H10N2O2S/c1-4(8)6-9-5(3-12-6)7(10)11-2/h3-4H,8H2,1-2H3/t4-/m0/s1. The molecule has 66 valence electrons. The molecule has 0 spiro atoms. The molecule has 0 saturated carbocycles. The van der Waals surface area contributed by atoms with Crippen molar-refractivity contribution in [1.29, 1.82) is 0 Å². The smallest absolute Gasteiger partial charge is 0.357 e. The first-order chi connectivity index (χ1) is 5.65. The van der Waals surface area contributed by atoms with Crippen molar-refractivity contribution in [2.24, 2.45) is 5.73 Å². The molecule has 0 aliphatic rings. The maximum Gasteiger partial charge on any atom is 0.357 e. The number of rotatable bonds is 2. The van der Waals surface area contributed by atoms with E-state index < -0.39 is 5.97 Å². The van der Waals surface area contributed by atoms with Crippen molar-refractivity contribution in [1.82, 2.24) is 4.98 Å². The second-order valence-electron chi connectivity index (χ2n) is 2.35. The van der Waals surface area contributed by atoms with Crippen LogP contribution in [0.3, 0.4) is 0 Å². The zero-order valence-electron chi connectivity index (χ0n) is 6.90. The van der Waals surface area contributed by atoms with Crippen LogP contribution in [0.15, 0.2) is 5.38 Å². The van der Waals surface area contributed by atoms with Gasteiger partial charge < -0.3 is 10.5 Å². The number of thiazole rings is 1. The van der Waals surface area contributed by atoms with Crippen LogP contribution in [0.5, 0.6) is 0 Å². The second kappa shape index (κ2) is 3.64. The molecule has 0 bridgehead atoms. The van der Waals surface area contributed by atoms with Crippen molar-refractivity contribution in [3.8, 4) is 0 Å². The summed E-state index contributed by atoms with van der Waals surface area (Å²) in [6, 6.07) is -0.131. The number of ether oxygens (including phenoxy) is 1. The highest BCUT2D eigenvalue weighted by Crippen LogP contribution is 2.15. The van der Waals surface area contributed by atoms with E-state index in [0.717, 1.165) is 5.01 Å². The fraction of sp³-hybridized carbons (Fsp3) is 0.429. The van der Waals surface area contributed by atoms with E-state index in [1.54, 1.807) is 5.38 Å². The van der Waals surface area contributed by atoms with E-state index in [2.05, 4.69) is 9.72 Å². The monoisotopic (exact) mass is 186 g/mol. The number of carbonyl (C=O) groups excluding carboxylic acids is 1. The van der Waals surface area contributed by atoms with Gasteiger partial charge in [-0.05, 0) is 6.92 Å². The molecule has 0 aliphatic heterocycles. The SMILES string of the molecule is COC(=O)c1csc([C@H](C)N)n1. The largest absolute Gasteiger partial charge is 0.464 e. The Kier molecular flexibility index (Phi) is 2.78. The molecule has 0 radical (unpaired) electrons. The average Bonchev–Trinajstić information content (AvgIpc) is 2.51. The first-order valence-electron chi connectivity index (χ1n) is 3.44. The molecular weight excluding hydrogens is 176 g/mol. The van der Waals surface area contributed by atoms with Crippen LogP contribution in [-0.4, -0.2) is 18.1 Å². The van der Waals surface area contributed by atoms with Crippen molar-refractivity contribution < 1.29 is 9.53 Å². The molecule has 12 heavy (non-hydrogen) atoms. The molecule has 0 aromatic carbocycles. The molecule has 4 nitrogen and oxygen atoms in total. The predicted octanol–water partition coefficient (Wildman–Crippen LogP) is 0.949. The summed E-state index contributed by atoms with van der Waals surface area (Å²) in [7, 11) is 1.33. The Hall–Kier alpha value is -0.940. The van der Waals surface area contributed by atoms with Gasteiger partial charge in [-0.1, -0.05) is 0 Å². The molecule has 1 aromatic heterocycles. The Morgan fingerprint density at radius 2 is 2.50 bits per heavy atom. The number of nitrogens with two attached hydrogens (primary N) is 1. The van der Waals surface area contributed by atoms with Crippen molar-refractivity contribution in [3.05, 3.63) is 16.1 Å². The van der Waals surface area contributed by atoms with E-state index in [0.29, 0.717) is 5.69 Å². The molecule has 2 N–H and O–H groups in total. The van der Waals surface area contributed by atoms with Crippen molar-refractivity contribution in [2.75, 3.05) is 7.11 Å². The molecule has 1 heterocycles. The zero-order chi connectivity index (χ0) is 9.14. The van der Waals surface area contributed by atoms with Crippen LogP contribution in [0, 0.1) is 0 Å². The Balaban J connectivity index is 2.84. The summed E-state index contributed by atoms with van der Waals surface area (Å²) >= 11 is 1.36. The number of hydrogen-bond acceptors (Lipinski definition) is 5. The van der Waals surface area contributed by atoms with Crippen molar-refractivity contribution in [3.63, 3.8) is 0 Å². The maximum atomic E-state index is 10.9. The minimum Gasteiger partial charge on any atom is -0.464 e. The van der Waals surface area contributed by atoms with E-state index in [-0.39, 0.29) is 6.04 Å².